The number of ether oxygens (including phenoxy) is 1. The second kappa shape index (κ2) is 6.02. The summed E-state index contributed by atoms with van der Waals surface area (Å²) < 4.78 is 5.30. The molecule has 3 rings (SSSR count). The molecule has 1 fully saturated rings. The van der Waals surface area contributed by atoms with Gasteiger partial charge in [0.05, 0.1) is 19.8 Å². The van der Waals surface area contributed by atoms with Crippen LogP contribution in [0.2, 0.25) is 5.28 Å². The van der Waals surface area contributed by atoms with Crippen LogP contribution in [0.25, 0.3) is 0 Å². The van der Waals surface area contributed by atoms with Crippen molar-refractivity contribution in [3.8, 4) is 0 Å². The molecule has 2 aromatic rings. The molecule has 2 aromatic heterocycles. The first-order valence-electron chi connectivity index (χ1n) is 6.27. The largest absolute Gasteiger partial charge is 0.378 e. The Labute approximate surface area is 120 Å². The molecule has 3 heterocycles. The van der Waals surface area contributed by atoms with Crippen molar-refractivity contribution in [1.82, 2.24) is 24.9 Å². The molecule has 0 aliphatic carbocycles. The number of anilines is 2. The lowest BCUT2D eigenvalue weighted by molar-refractivity contribution is 0.122. The molecule has 0 aromatic carbocycles. The Morgan fingerprint density at radius 2 is 2.15 bits per heavy atom. The molecule has 2 N–H and O–H groups in total. The van der Waals surface area contributed by atoms with E-state index in [0.717, 1.165) is 18.9 Å². The van der Waals surface area contributed by atoms with E-state index in [4.69, 9.17) is 16.3 Å². The molecule has 0 unspecified atom stereocenters. The maximum absolute atomic E-state index is 5.95. The zero-order valence-corrected chi connectivity index (χ0v) is 11.5. The van der Waals surface area contributed by atoms with E-state index in [9.17, 15) is 0 Å². The molecule has 0 bridgehead atoms. The van der Waals surface area contributed by atoms with E-state index >= 15 is 0 Å². The normalized spacial score (nSPS) is 15.3. The second-order valence-corrected chi connectivity index (χ2v) is 4.55. The highest BCUT2D eigenvalue weighted by Crippen LogP contribution is 2.15. The van der Waals surface area contributed by atoms with Gasteiger partial charge in [0.25, 0.3) is 0 Å². The topological polar surface area (TPSA) is 91.9 Å². The van der Waals surface area contributed by atoms with Crippen molar-refractivity contribution in [2.75, 3.05) is 36.5 Å². The van der Waals surface area contributed by atoms with Gasteiger partial charge in [0.1, 0.15) is 5.82 Å². The summed E-state index contributed by atoms with van der Waals surface area (Å²) in [6, 6.07) is 0. The van der Waals surface area contributed by atoms with Gasteiger partial charge in [-0.3, -0.25) is 0 Å². The lowest BCUT2D eigenvalue weighted by Crippen LogP contribution is -2.37. The molecule has 20 heavy (non-hydrogen) atoms. The van der Waals surface area contributed by atoms with Gasteiger partial charge in [0.2, 0.25) is 17.2 Å². The molecular weight excluding hydrogens is 282 g/mol. The summed E-state index contributed by atoms with van der Waals surface area (Å²) in [5, 5.41) is 3.24. The maximum Gasteiger partial charge on any atom is 0.231 e. The summed E-state index contributed by atoms with van der Waals surface area (Å²) in [6.45, 7) is 3.32. The minimum absolute atomic E-state index is 0.170. The quantitative estimate of drug-likeness (QED) is 0.857. The summed E-state index contributed by atoms with van der Waals surface area (Å²) in [7, 11) is 0. The summed E-state index contributed by atoms with van der Waals surface area (Å²) in [6.07, 6.45) is 3.45. The van der Waals surface area contributed by atoms with Crippen LogP contribution in [-0.4, -0.2) is 51.2 Å². The molecule has 1 aliphatic heterocycles. The fraction of sp³-hybridized carbons (Fsp3) is 0.455. The Bertz CT molecular complexity index is 556. The zero-order chi connectivity index (χ0) is 13.8. The van der Waals surface area contributed by atoms with E-state index in [2.05, 4.69) is 30.2 Å². The van der Waals surface area contributed by atoms with Crippen molar-refractivity contribution >= 4 is 23.5 Å². The van der Waals surface area contributed by atoms with Gasteiger partial charge in [-0.1, -0.05) is 0 Å². The van der Waals surface area contributed by atoms with Gasteiger partial charge >= 0.3 is 0 Å². The summed E-state index contributed by atoms with van der Waals surface area (Å²) in [5.41, 5.74) is 0. The minimum Gasteiger partial charge on any atom is -0.378 e. The highest BCUT2D eigenvalue weighted by Gasteiger charge is 2.16. The Hall–Kier alpha value is -1.93. The van der Waals surface area contributed by atoms with E-state index in [-0.39, 0.29) is 5.28 Å². The molecule has 8 nitrogen and oxygen atoms in total. The van der Waals surface area contributed by atoms with Crippen LogP contribution in [0, 0.1) is 0 Å². The Morgan fingerprint density at radius 1 is 1.30 bits per heavy atom. The average Bonchev–Trinajstić information content (AvgIpc) is 2.99. The number of H-pyrrole nitrogens is 1. The number of hydrogen-bond acceptors (Lipinski definition) is 7. The van der Waals surface area contributed by atoms with Gasteiger partial charge in [0, 0.05) is 25.5 Å². The first kappa shape index (κ1) is 13.1. The smallest absolute Gasteiger partial charge is 0.231 e. The van der Waals surface area contributed by atoms with Crippen LogP contribution in [-0.2, 0) is 11.3 Å². The maximum atomic E-state index is 5.95. The Kier molecular flexibility index (Phi) is 3.93. The van der Waals surface area contributed by atoms with Crippen LogP contribution in [0.5, 0.6) is 0 Å². The number of nitrogens with zero attached hydrogens (tertiary/aromatic N) is 5. The van der Waals surface area contributed by atoms with E-state index in [0.29, 0.717) is 31.7 Å². The van der Waals surface area contributed by atoms with Crippen LogP contribution in [0.1, 0.15) is 5.82 Å². The van der Waals surface area contributed by atoms with Crippen LogP contribution < -0.4 is 10.2 Å². The van der Waals surface area contributed by atoms with Crippen LogP contribution in [0.4, 0.5) is 11.9 Å². The van der Waals surface area contributed by atoms with Crippen molar-refractivity contribution in [3.63, 3.8) is 0 Å². The summed E-state index contributed by atoms with van der Waals surface area (Å²) in [5.74, 6) is 1.80. The number of rotatable bonds is 4. The molecule has 1 saturated heterocycles. The number of aromatic nitrogens is 5. The Morgan fingerprint density at radius 3 is 2.90 bits per heavy atom. The number of imidazole rings is 1. The van der Waals surface area contributed by atoms with Gasteiger partial charge in [0.15, 0.2) is 0 Å². The van der Waals surface area contributed by atoms with Gasteiger partial charge in [-0.15, -0.1) is 0 Å². The van der Waals surface area contributed by atoms with Crippen LogP contribution in [0.15, 0.2) is 12.4 Å². The molecule has 0 amide bonds. The van der Waals surface area contributed by atoms with Crippen molar-refractivity contribution in [1.29, 1.82) is 0 Å². The lowest BCUT2D eigenvalue weighted by Gasteiger charge is -2.26. The van der Waals surface area contributed by atoms with Gasteiger partial charge in [-0.2, -0.15) is 15.0 Å². The third kappa shape index (κ3) is 3.14. The van der Waals surface area contributed by atoms with Crippen molar-refractivity contribution < 1.29 is 4.74 Å². The fourth-order valence-corrected chi connectivity index (χ4v) is 2.04. The second-order valence-electron chi connectivity index (χ2n) is 4.22. The van der Waals surface area contributed by atoms with Gasteiger partial charge in [-0.25, -0.2) is 4.98 Å². The molecule has 0 radical (unpaired) electrons. The van der Waals surface area contributed by atoms with Gasteiger partial charge in [-0.05, 0) is 11.6 Å². The van der Waals surface area contributed by atoms with Crippen molar-refractivity contribution in [2.24, 2.45) is 0 Å². The van der Waals surface area contributed by atoms with E-state index in [1.54, 1.807) is 12.4 Å². The number of nitrogens with one attached hydrogen (secondary N) is 2. The zero-order valence-electron chi connectivity index (χ0n) is 10.7. The number of morpholine rings is 1. The van der Waals surface area contributed by atoms with Gasteiger partial charge < -0.3 is 19.9 Å². The first-order valence-corrected chi connectivity index (χ1v) is 6.65. The van der Waals surface area contributed by atoms with E-state index < -0.39 is 0 Å². The standard InChI is InChI=1S/C11H14ClN7O/c12-9-16-10(15-7-8-13-1-2-14-8)18-11(17-9)19-3-5-20-6-4-19/h1-2H,3-7H2,(H,13,14)(H,15,16,17,18). The monoisotopic (exact) mass is 295 g/mol. The van der Waals surface area contributed by atoms with Crippen molar-refractivity contribution in [2.45, 2.75) is 6.54 Å². The molecule has 0 spiro atoms. The SMILES string of the molecule is Clc1nc(NCc2ncc[nH]2)nc(N2CCOCC2)n1. The minimum atomic E-state index is 0.170. The molecule has 1 aliphatic rings. The van der Waals surface area contributed by atoms with Crippen LogP contribution in [0.3, 0.4) is 0 Å². The molecule has 9 heteroatoms. The van der Waals surface area contributed by atoms with Crippen molar-refractivity contribution in [3.05, 3.63) is 23.5 Å². The number of aromatic amines is 1. The highest BCUT2D eigenvalue weighted by molar-refractivity contribution is 6.28. The third-order valence-electron chi connectivity index (χ3n) is 2.86. The number of halogens is 1. The highest BCUT2D eigenvalue weighted by atomic mass is 35.5. The lowest BCUT2D eigenvalue weighted by atomic mass is 10.4. The summed E-state index contributed by atoms with van der Waals surface area (Å²) >= 11 is 5.95. The van der Waals surface area contributed by atoms with E-state index in [1.165, 1.54) is 0 Å². The predicted molar refractivity (Wildman–Crippen MR) is 73.8 cm³/mol. The molecule has 0 saturated carbocycles. The summed E-state index contributed by atoms with van der Waals surface area (Å²) in [4.78, 5) is 21.7. The first-order chi connectivity index (χ1) is 9.81. The average molecular weight is 296 g/mol. The Balaban J connectivity index is 1.72. The molecular formula is C11H14ClN7O. The van der Waals surface area contributed by atoms with E-state index in [1.807, 2.05) is 4.90 Å². The van der Waals surface area contributed by atoms with Crippen LogP contribution >= 0.6 is 11.6 Å². The number of hydrogen-bond donors (Lipinski definition) is 2. The molecule has 106 valence electrons. The molecule has 0 atom stereocenters. The third-order valence-corrected chi connectivity index (χ3v) is 3.03. The fourth-order valence-electron chi connectivity index (χ4n) is 1.88. The predicted octanol–water partition coefficient (Wildman–Crippen LogP) is 0.697.